The summed E-state index contributed by atoms with van der Waals surface area (Å²) in [5, 5.41) is 7.16. The fourth-order valence-corrected chi connectivity index (χ4v) is 3.63. The zero-order valence-corrected chi connectivity index (χ0v) is 14.1. The highest BCUT2D eigenvalue weighted by atomic mass is 32.2. The molecule has 1 unspecified atom stereocenters. The summed E-state index contributed by atoms with van der Waals surface area (Å²) in [6.07, 6.45) is 4.31. The molecule has 9 nitrogen and oxygen atoms in total. The van der Waals surface area contributed by atoms with E-state index < -0.39 is 16.0 Å². The Balaban J connectivity index is 2.02. The average molecular weight is 346 g/mol. The average Bonchev–Trinajstić information content (AvgIpc) is 3.16. The summed E-state index contributed by atoms with van der Waals surface area (Å²) in [7, 11) is -0.858. The van der Waals surface area contributed by atoms with Crippen molar-refractivity contribution < 1.29 is 22.7 Å². The lowest BCUT2D eigenvalue weighted by Crippen LogP contribution is -2.52. The second-order valence-corrected chi connectivity index (χ2v) is 7.28. The number of hydrogen-bond acceptors (Lipinski definition) is 7. The third kappa shape index (κ3) is 4.50. The molecule has 23 heavy (non-hydrogen) atoms. The molecule has 1 saturated heterocycles. The fourth-order valence-electron chi connectivity index (χ4n) is 2.55. The van der Waals surface area contributed by atoms with Crippen LogP contribution in [-0.2, 0) is 30.8 Å². The highest BCUT2D eigenvalue weighted by molar-refractivity contribution is 7.89. The van der Waals surface area contributed by atoms with Crippen molar-refractivity contribution >= 4 is 16.0 Å². The van der Waals surface area contributed by atoms with Crippen LogP contribution in [0.5, 0.6) is 0 Å². The standard InChI is InChI=1S/C13H22N4O5S/c1-21-10-13(4-3-5-14-13)9-16-23(19,20)11-6-15-17(7-11)8-12(18)22-2/h6-7,14,16H,3-5,8-10H2,1-2H3. The first kappa shape index (κ1) is 17.9. The number of methoxy groups -OCH3 is 2. The number of ether oxygens (including phenoxy) is 2. The van der Waals surface area contributed by atoms with Gasteiger partial charge in [-0.15, -0.1) is 0 Å². The van der Waals surface area contributed by atoms with Crippen molar-refractivity contribution in [3.8, 4) is 0 Å². The van der Waals surface area contributed by atoms with E-state index in [1.807, 2.05) is 0 Å². The highest BCUT2D eigenvalue weighted by Gasteiger charge is 2.35. The topological polar surface area (TPSA) is 112 Å². The molecule has 1 atom stereocenters. The van der Waals surface area contributed by atoms with Crippen LogP contribution in [0.3, 0.4) is 0 Å². The molecule has 1 aliphatic heterocycles. The van der Waals surface area contributed by atoms with Gasteiger partial charge in [0.1, 0.15) is 11.4 Å². The van der Waals surface area contributed by atoms with E-state index in [2.05, 4.69) is 19.9 Å². The summed E-state index contributed by atoms with van der Waals surface area (Å²) in [6, 6.07) is 0. The van der Waals surface area contributed by atoms with Crippen molar-refractivity contribution in [3.63, 3.8) is 0 Å². The predicted molar refractivity (Wildman–Crippen MR) is 81.3 cm³/mol. The van der Waals surface area contributed by atoms with Gasteiger partial charge >= 0.3 is 5.97 Å². The zero-order chi connectivity index (χ0) is 16.9. The molecule has 10 heteroatoms. The summed E-state index contributed by atoms with van der Waals surface area (Å²) >= 11 is 0. The number of nitrogens with zero attached hydrogens (tertiary/aromatic N) is 2. The Kier molecular flexibility index (Phi) is 5.74. The first-order chi connectivity index (χ1) is 10.9. The number of rotatable bonds is 8. The zero-order valence-electron chi connectivity index (χ0n) is 13.2. The SMILES string of the molecule is COCC1(CNS(=O)(=O)c2cnn(CC(=O)OC)c2)CCCN1. The quantitative estimate of drug-likeness (QED) is 0.587. The van der Waals surface area contributed by atoms with Crippen molar-refractivity contribution in [1.29, 1.82) is 0 Å². The number of carbonyl (C=O) groups excluding carboxylic acids is 1. The summed E-state index contributed by atoms with van der Waals surface area (Å²) < 4.78 is 38.2. The third-order valence-electron chi connectivity index (χ3n) is 3.79. The Labute approximate surface area is 135 Å². The molecule has 2 rings (SSSR count). The molecule has 0 spiro atoms. The molecule has 0 bridgehead atoms. The van der Waals surface area contributed by atoms with Crippen LogP contribution in [0.2, 0.25) is 0 Å². The minimum absolute atomic E-state index is 0.00645. The molecular formula is C13H22N4O5S. The molecule has 0 radical (unpaired) electrons. The first-order valence-electron chi connectivity index (χ1n) is 7.24. The molecule has 0 saturated carbocycles. The van der Waals surface area contributed by atoms with Gasteiger partial charge in [0.05, 0.1) is 25.5 Å². The molecule has 1 aromatic rings. The van der Waals surface area contributed by atoms with Crippen LogP contribution in [-0.4, -0.2) is 63.6 Å². The molecular weight excluding hydrogens is 324 g/mol. The number of esters is 1. The van der Waals surface area contributed by atoms with Gasteiger partial charge in [-0.2, -0.15) is 5.10 Å². The molecule has 2 N–H and O–H groups in total. The first-order valence-corrected chi connectivity index (χ1v) is 8.72. The lowest BCUT2D eigenvalue weighted by molar-refractivity contribution is -0.141. The maximum Gasteiger partial charge on any atom is 0.327 e. The van der Waals surface area contributed by atoms with Crippen molar-refractivity contribution in [2.45, 2.75) is 29.8 Å². The van der Waals surface area contributed by atoms with E-state index in [0.717, 1.165) is 19.4 Å². The predicted octanol–water partition coefficient (Wildman–Crippen LogP) is -0.897. The summed E-state index contributed by atoms with van der Waals surface area (Å²) in [4.78, 5) is 11.2. The summed E-state index contributed by atoms with van der Waals surface area (Å²) in [6.45, 7) is 1.35. The molecule has 0 aromatic carbocycles. The van der Waals surface area contributed by atoms with Gasteiger partial charge in [0, 0.05) is 19.9 Å². The highest BCUT2D eigenvalue weighted by Crippen LogP contribution is 2.20. The van der Waals surface area contributed by atoms with E-state index in [9.17, 15) is 13.2 Å². The molecule has 0 aliphatic carbocycles. The second kappa shape index (κ2) is 7.39. The lowest BCUT2D eigenvalue weighted by atomic mass is 9.99. The van der Waals surface area contributed by atoms with Crippen molar-refractivity contribution in [2.75, 3.05) is 33.9 Å². The van der Waals surface area contributed by atoms with Gasteiger partial charge in [-0.3, -0.25) is 9.48 Å². The second-order valence-electron chi connectivity index (χ2n) is 5.52. The Morgan fingerprint density at radius 2 is 2.30 bits per heavy atom. The smallest absolute Gasteiger partial charge is 0.327 e. The van der Waals surface area contributed by atoms with E-state index in [4.69, 9.17) is 4.74 Å². The van der Waals surface area contributed by atoms with Gasteiger partial charge in [0.15, 0.2) is 0 Å². The molecule has 1 aromatic heterocycles. The minimum atomic E-state index is -3.71. The Bertz CT molecular complexity index is 637. The van der Waals surface area contributed by atoms with Gasteiger partial charge < -0.3 is 14.8 Å². The van der Waals surface area contributed by atoms with Crippen molar-refractivity contribution in [3.05, 3.63) is 12.4 Å². The van der Waals surface area contributed by atoms with E-state index in [1.165, 1.54) is 24.2 Å². The van der Waals surface area contributed by atoms with Crippen LogP contribution in [0.25, 0.3) is 0 Å². The Hall–Kier alpha value is -1.49. The number of carbonyl (C=O) groups is 1. The maximum atomic E-state index is 12.4. The van der Waals surface area contributed by atoms with Crippen LogP contribution in [0, 0.1) is 0 Å². The minimum Gasteiger partial charge on any atom is -0.468 e. The summed E-state index contributed by atoms with van der Waals surface area (Å²) in [5.74, 6) is -0.501. The number of nitrogens with one attached hydrogen (secondary N) is 2. The van der Waals surface area contributed by atoms with Crippen molar-refractivity contribution in [2.24, 2.45) is 0 Å². The van der Waals surface area contributed by atoms with E-state index >= 15 is 0 Å². The molecule has 0 amide bonds. The van der Waals surface area contributed by atoms with Gasteiger partial charge in [0.2, 0.25) is 10.0 Å². The Morgan fingerprint density at radius 3 is 2.91 bits per heavy atom. The molecule has 1 aliphatic rings. The van der Waals surface area contributed by atoms with E-state index in [1.54, 1.807) is 7.11 Å². The summed E-state index contributed by atoms with van der Waals surface area (Å²) in [5.41, 5.74) is -0.385. The van der Waals surface area contributed by atoms with Gasteiger partial charge in [-0.25, -0.2) is 13.1 Å². The van der Waals surface area contributed by atoms with Crippen molar-refractivity contribution in [1.82, 2.24) is 19.8 Å². The number of hydrogen-bond donors (Lipinski definition) is 2. The fraction of sp³-hybridized carbons (Fsp3) is 0.692. The largest absolute Gasteiger partial charge is 0.468 e. The molecule has 2 heterocycles. The normalized spacial score (nSPS) is 21.5. The van der Waals surface area contributed by atoms with Crippen LogP contribution in [0.4, 0.5) is 0 Å². The molecule has 130 valence electrons. The number of sulfonamides is 1. The monoisotopic (exact) mass is 346 g/mol. The van der Waals surface area contributed by atoms with E-state index in [-0.39, 0.29) is 23.5 Å². The van der Waals surface area contributed by atoms with Gasteiger partial charge in [-0.1, -0.05) is 0 Å². The van der Waals surface area contributed by atoms with Crippen LogP contribution in [0.15, 0.2) is 17.3 Å². The lowest BCUT2D eigenvalue weighted by Gasteiger charge is -2.28. The third-order valence-corrected chi connectivity index (χ3v) is 5.15. The Morgan fingerprint density at radius 1 is 1.52 bits per heavy atom. The molecule has 1 fully saturated rings. The van der Waals surface area contributed by atoms with Crippen LogP contribution < -0.4 is 10.0 Å². The van der Waals surface area contributed by atoms with Crippen LogP contribution >= 0.6 is 0 Å². The van der Waals surface area contributed by atoms with E-state index in [0.29, 0.717) is 6.61 Å². The maximum absolute atomic E-state index is 12.4. The van der Waals surface area contributed by atoms with Gasteiger partial charge in [0.25, 0.3) is 0 Å². The van der Waals surface area contributed by atoms with Gasteiger partial charge in [-0.05, 0) is 19.4 Å². The number of aromatic nitrogens is 2. The van der Waals surface area contributed by atoms with Crippen LogP contribution in [0.1, 0.15) is 12.8 Å².